The second-order valence-corrected chi connectivity index (χ2v) is 9.23. The summed E-state index contributed by atoms with van der Waals surface area (Å²) >= 11 is 13.3. The van der Waals surface area contributed by atoms with Crippen molar-refractivity contribution < 1.29 is 4.39 Å². The molecule has 0 N–H and O–H groups in total. The van der Waals surface area contributed by atoms with E-state index < -0.39 is 4.87 Å². The average Bonchev–Trinajstić information content (AvgIpc) is 3.13. The lowest BCUT2D eigenvalue weighted by atomic mass is 9.81. The summed E-state index contributed by atoms with van der Waals surface area (Å²) in [6.45, 7) is 1.57. The van der Waals surface area contributed by atoms with E-state index in [0.29, 0.717) is 6.42 Å². The van der Waals surface area contributed by atoms with Gasteiger partial charge >= 0.3 is 0 Å². The number of hydrogen-bond acceptors (Lipinski definition) is 3. The molecule has 30 heavy (non-hydrogen) atoms. The zero-order chi connectivity index (χ0) is 20.9. The largest absolute Gasteiger partial charge is 0.295 e. The van der Waals surface area contributed by atoms with Crippen LogP contribution in [0.3, 0.4) is 0 Å². The fourth-order valence-corrected chi connectivity index (χ4v) is 5.00. The van der Waals surface area contributed by atoms with E-state index in [0.717, 1.165) is 54.1 Å². The van der Waals surface area contributed by atoms with Crippen molar-refractivity contribution in [1.29, 1.82) is 0 Å². The van der Waals surface area contributed by atoms with Gasteiger partial charge in [0, 0.05) is 6.54 Å². The zero-order valence-electron chi connectivity index (χ0n) is 16.6. The number of allylic oxidation sites excluding steroid dienone is 2. The Morgan fingerprint density at radius 1 is 1.17 bits per heavy atom. The monoisotopic (exact) mass is 442 g/mol. The Balaban J connectivity index is 1.47. The molecule has 0 fully saturated rings. The van der Waals surface area contributed by atoms with Gasteiger partial charge in [0.25, 0.3) is 0 Å². The standard InChI is InChI=1S/C23H21Cl2FN4/c1-29-12-16-11-17(5-6-20(16)30-14-27-28-21(30)13-29)23(25)9-7-15(8-10-23)18-3-2-4-19(26)22(18)24/h2-7,11,14H,8-10,12-13H2,1H3. The normalized spacial score (nSPS) is 21.5. The molecule has 1 unspecified atom stereocenters. The van der Waals surface area contributed by atoms with Gasteiger partial charge in [-0.2, -0.15) is 0 Å². The minimum atomic E-state index is -0.487. The van der Waals surface area contributed by atoms with Crippen molar-refractivity contribution in [2.24, 2.45) is 0 Å². The maximum Gasteiger partial charge on any atom is 0.151 e. The van der Waals surface area contributed by atoms with Crippen molar-refractivity contribution in [2.75, 3.05) is 7.05 Å². The molecule has 0 spiro atoms. The van der Waals surface area contributed by atoms with Crippen molar-refractivity contribution in [1.82, 2.24) is 19.7 Å². The number of benzene rings is 2. The highest BCUT2D eigenvalue weighted by molar-refractivity contribution is 6.32. The number of aromatic nitrogens is 3. The molecule has 154 valence electrons. The van der Waals surface area contributed by atoms with Crippen LogP contribution in [0.25, 0.3) is 11.3 Å². The molecule has 2 aliphatic rings. The number of halogens is 3. The molecule has 7 heteroatoms. The first-order chi connectivity index (χ1) is 14.4. The lowest BCUT2D eigenvalue weighted by Gasteiger charge is -2.32. The van der Waals surface area contributed by atoms with Gasteiger partial charge in [-0.15, -0.1) is 21.8 Å². The molecule has 4 nitrogen and oxygen atoms in total. The molecule has 1 atom stereocenters. The van der Waals surface area contributed by atoms with E-state index >= 15 is 0 Å². The van der Waals surface area contributed by atoms with E-state index in [-0.39, 0.29) is 10.8 Å². The fraction of sp³-hybridized carbons (Fsp3) is 0.304. The van der Waals surface area contributed by atoms with Gasteiger partial charge < -0.3 is 0 Å². The average molecular weight is 443 g/mol. The molecule has 3 aromatic rings. The molecule has 2 heterocycles. The number of fused-ring (bicyclic) bond motifs is 3. The Morgan fingerprint density at radius 2 is 2.03 bits per heavy atom. The van der Waals surface area contributed by atoms with Gasteiger partial charge in [0.15, 0.2) is 5.82 Å². The third-order valence-electron chi connectivity index (χ3n) is 6.09. The van der Waals surface area contributed by atoms with Crippen LogP contribution in [-0.4, -0.2) is 26.7 Å². The quantitative estimate of drug-likeness (QED) is 0.476. The predicted molar refractivity (Wildman–Crippen MR) is 117 cm³/mol. The molecule has 5 rings (SSSR count). The van der Waals surface area contributed by atoms with E-state index in [4.69, 9.17) is 23.2 Å². The van der Waals surface area contributed by atoms with Gasteiger partial charge in [-0.3, -0.25) is 9.47 Å². The summed E-state index contributed by atoms with van der Waals surface area (Å²) in [4.78, 5) is 1.74. The summed E-state index contributed by atoms with van der Waals surface area (Å²) in [6.07, 6.45) is 6.05. The van der Waals surface area contributed by atoms with Crippen molar-refractivity contribution in [3.05, 3.63) is 82.2 Å². The maximum absolute atomic E-state index is 13.9. The highest BCUT2D eigenvalue weighted by Crippen LogP contribution is 2.46. The van der Waals surface area contributed by atoms with Gasteiger partial charge in [-0.25, -0.2) is 4.39 Å². The smallest absolute Gasteiger partial charge is 0.151 e. The van der Waals surface area contributed by atoms with Crippen LogP contribution in [0.4, 0.5) is 4.39 Å². The molecule has 1 aliphatic heterocycles. The van der Waals surface area contributed by atoms with E-state index in [9.17, 15) is 4.39 Å². The first-order valence-corrected chi connectivity index (χ1v) is 10.7. The third-order valence-corrected chi connectivity index (χ3v) is 7.03. The molecule has 1 aromatic heterocycles. The van der Waals surface area contributed by atoms with Gasteiger partial charge in [0.1, 0.15) is 12.1 Å². The maximum atomic E-state index is 13.9. The van der Waals surface area contributed by atoms with E-state index in [2.05, 4.69) is 46.4 Å². The number of alkyl halides is 1. The second kappa shape index (κ2) is 7.49. The number of hydrogen-bond donors (Lipinski definition) is 0. The Kier molecular flexibility index (Phi) is 4.92. The van der Waals surface area contributed by atoms with Gasteiger partial charge in [-0.1, -0.05) is 41.9 Å². The molecule has 0 saturated carbocycles. The van der Waals surface area contributed by atoms with E-state index in [1.54, 1.807) is 12.4 Å². The third kappa shape index (κ3) is 3.35. The summed E-state index contributed by atoms with van der Waals surface area (Å²) in [7, 11) is 2.08. The summed E-state index contributed by atoms with van der Waals surface area (Å²) in [5.41, 5.74) is 5.23. The summed E-state index contributed by atoms with van der Waals surface area (Å²) in [6, 6.07) is 11.4. The number of nitrogens with zero attached hydrogens (tertiary/aromatic N) is 4. The van der Waals surface area contributed by atoms with Gasteiger partial charge in [-0.05, 0) is 60.7 Å². The predicted octanol–water partition coefficient (Wildman–Crippen LogP) is 5.71. The van der Waals surface area contributed by atoms with Crippen molar-refractivity contribution in [2.45, 2.75) is 37.2 Å². The van der Waals surface area contributed by atoms with Gasteiger partial charge in [0.05, 0.1) is 22.1 Å². The molecular weight excluding hydrogens is 422 g/mol. The van der Waals surface area contributed by atoms with Crippen molar-refractivity contribution in [3.63, 3.8) is 0 Å². The molecule has 0 amide bonds. The molecule has 0 radical (unpaired) electrons. The first kappa shape index (κ1) is 19.7. The topological polar surface area (TPSA) is 34.0 Å². The van der Waals surface area contributed by atoms with Gasteiger partial charge in [0.2, 0.25) is 0 Å². The lowest BCUT2D eigenvalue weighted by molar-refractivity contribution is 0.315. The van der Waals surface area contributed by atoms with E-state index in [1.807, 2.05) is 10.6 Å². The second-order valence-electron chi connectivity index (χ2n) is 8.13. The van der Waals surface area contributed by atoms with E-state index in [1.165, 1.54) is 11.6 Å². The van der Waals surface area contributed by atoms with Crippen LogP contribution < -0.4 is 0 Å². The lowest BCUT2D eigenvalue weighted by Crippen LogP contribution is -2.22. The Morgan fingerprint density at radius 3 is 2.83 bits per heavy atom. The first-order valence-electron chi connectivity index (χ1n) is 9.98. The van der Waals surface area contributed by atoms with Crippen molar-refractivity contribution >= 4 is 28.8 Å². The van der Waals surface area contributed by atoms with Crippen LogP contribution in [0.1, 0.15) is 41.8 Å². The summed E-state index contributed by atoms with van der Waals surface area (Å²) < 4.78 is 15.9. The molecular formula is C23H21Cl2FN4. The molecule has 0 saturated heterocycles. The van der Waals surface area contributed by atoms with Crippen LogP contribution in [-0.2, 0) is 18.0 Å². The summed E-state index contributed by atoms with van der Waals surface area (Å²) in [5.74, 6) is 0.544. The SMILES string of the molecule is CN1Cc2cc(C3(Cl)CC=C(c4cccc(F)c4Cl)CC3)ccc2-n2cnnc2C1. The van der Waals surface area contributed by atoms with Crippen LogP contribution in [0.2, 0.25) is 5.02 Å². The minimum Gasteiger partial charge on any atom is -0.295 e. The van der Waals surface area contributed by atoms with Crippen LogP contribution in [0, 0.1) is 5.82 Å². The Hall–Kier alpha value is -2.21. The molecule has 1 aliphatic carbocycles. The minimum absolute atomic E-state index is 0.184. The molecule has 0 bridgehead atoms. The van der Waals surface area contributed by atoms with Crippen molar-refractivity contribution in [3.8, 4) is 5.69 Å². The zero-order valence-corrected chi connectivity index (χ0v) is 18.1. The number of rotatable bonds is 2. The fourth-order valence-electron chi connectivity index (χ4n) is 4.46. The summed E-state index contributed by atoms with van der Waals surface area (Å²) in [5, 5.41) is 8.50. The highest BCUT2D eigenvalue weighted by Gasteiger charge is 2.33. The van der Waals surface area contributed by atoms with Crippen LogP contribution in [0.15, 0.2) is 48.8 Å². The highest BCUT2D eigenvalue weighted by atomic mass is 35.5. The Labute approximate surface area is 184 Å². The molecule has 2 aromatic carbocycles. The Bertz CT molecular complexity index is 1160. The van der Waals surface area contributed by atoms with Crippen LogP contribution >= 0.6 is 23.2 Å². The van der Waals surface area contributed by atoms with Crippen LogP contribution in [0.5, 0.6) is 0 Å².